The lowest BCUT2D eigenvalue weighted by Gasteiger charge is -2.38. The second kappa shape index (κ2) is 10.2. The van der Waals surface area contributed by atoms with Crippen molar-refractivity contribution < 1.29 is 22.8 Å². The molecule has 0 aromatic heterocycles. The van der Waals surface area contributed by atoms with Gasteiger partial charge >= 0.3 is 6.18 Å². The Morgan fingerprint density at radius 1 is 1.36 bits per heavy atom. The third-order valence-corrected chi connectivity index (χ3v) is 4.22. The predicted octanol–water partition coefficient (Wildman–Crippen LogP) is 1.87. The zero-order chi connectivity index (χ0) is 20.6. The third-order valence-electron chi connectivity index (χ3n) is 4.22. The van der Waals surface area contributed by atoms with Crippen LogP contribution in [0.15, 0.2) is 41.7 Å². The summed E-state index contributed by atoms with van der Waals surface area (Å²) in [5.74, 6) is -1.04. The summed E-state index contributed by atoms with van der Waals surface area (Å²) in [5, 5.41) is 3.49. The Morgan fingerprint density at radius 2 is 2.07 bits per heavy atom. The van der Waals surface area contributed by atoms with Gasteiger partial charge in [0.2, 0.25) is 5.91 Å². The number of hydrogen-bond donors (Lipinski definition) is 2. The van der Waals surface area contributed by atoms with Crippen LogP contribution in [-0.4, -0.2) is 59.9 Å². The normalized spacial score (nSPS) is 22.0. The molecule has 0 aromatic carbocycles. The number of rotatable bonds is 7. The Kier molecular flexibility index (Phi) is 7.94. The Bertz CT molecular complexity index is 667. The van der Waals surface area contributed by atoms with Gasteiger partial charge in [-0.2, -0.15) is 13.2 Å². The summed E-state index contributed by atoms with van der Waals surface area (Å²) in [5.41, 5.74) is 2.87. The maximum Gasteiger partial charge on any atom is 0.392 e. The number of alkyl halides is 3. The van der Waals surface area contributed by atoms with E-state index in [9.17, 15) is 22.8 Å². The molecule has 10 heteroatoms. The van der Waals surface area contributed by atoms with Gasteiger partial charge in [-0.1, -0.05) is 19.1 Å². The number of aliphatic imine (C=N–C) groups is 1. The van der Waals surface area contributed by atoms with E-state index in [1.54, 1.807) is 6.08 Å². The zero-order valence-corrected chi connectivity index (χ0v) is 15.4. The SMILES string of the molecule is C=C/N=C\C(=C/CC(F)(F)F)NC(=O)CN1NC(N2CCCCC2)C=CC1=O. The van der Waals surface area contributed by atoms with E-state index in [0.29, 0.717) is 0 Å². The van der Waals surface area contributed by atoms with E-state index in [4.69, 9.17) is 0 Å². The molecule has 0 radical (unpaired) electrons. The molecule has 7 nitrogen and oxygen atoms in total. The minimum Gasteiger partial charge on any atom is -0.323 e. The van der Waals surface area contributed by atoms with Gasteiger partial charge in [-0.05, 0) is 32.0 Å². The molecule has 2 aliphatic heterocycles. The van der Waals surface area contributed by atoms with Crippen molar-refractivity contribution in [2.24, 2.45) is 4.99 Å². The Hall–Kier alpha value is -2.46. The van der Waals surface area contributed by atoms with E-state index < -0.39 is 24.4 Å². The first-order valence-corrected chi connectivity index (χ1v) is 8.99. The van der Waals surface area contributed by atoms with Crippen molar-refractivity contribution in [2.45, 2.75) is 38.0 Å². The maximum absolute atomic E-state index is 12.4. The molecule has 2 rings (SSSR count). The van der Waals surface area contributed by atoms with Crippen LogP contribution in [0.25, 0.3) is 0 Å². The fourth-order valence-corrected chi connectivity index (χ4v) is 2.89. The number of allylic oxidation sites excluding steroid dienone is 2. The summed E-state index contributed by atoms with van der Waals surface area (Å²) >= 11 is 0. The van der Waals surface area contributed by atoms with Gasteiger partial charge < -0.3 is 5.32 Å². The van der Waals surface area contributed by atoms with Gasteiger partial charge in [0.15, 0.2) is 0 Å². The van der Waals surface area contributed by atoms with Crippen LogP contribution in [-0.2, 0) is 9.59 Å². The van der Waals surface area contributed by atoms with Crippen molar-refractivity contribution in [3.05, 3.63) is 36.7 Å². The number of carbonyl (C=O) groups is 2. The highest BCUT2D eigenvalue weighted by molar-refractivity contribution is 5.94. The summed E-state index contributed by atoms with van der Waals surface area (Å²) in [6, 6.07) is 0. The van der Waals surface area contributed by atoms with Gasteiger partial charge in [-0.25, -0.2) is 5.43 Å². The number of hydrogen-bond acceptors (Lipinski definition) is 5. The number of hydrazine groups is 1. The van der Waals surface area contributed by atoms with Gasteiger partial charge in [0.05, 0.1) is 24.5 Å². The van der Waals surface area contributed by atoms with Crippen molar-refractivity contribution in [1.82, 2.24) is 20.7 Å². The maximum atomic E-state index is 12.4. The van der Waals surface area contributed by atoms with E-state index >= 15 is 0 Å². The molecule has 1 saturated heterocycles. The van der Waals surface area contributed by atoms with E-state index in [1.165, 1.54) is 6.08 Å². The van der Waals surface area contributed by atoms with Gasteiger partial charge in [0, 0.05) is 12.3 Å². The fourth-order valence-electron chi connectivity index (χ4n) is 2.89. The number of halogens is 3. The van der Waals surface area contributed by atoms with Crippen molar-refractivity contribution in [3.8, 4) is 0 Å². The average Bonchev–Trinajstić information content (AvgIpc) is 2.65. The zero-order valence-electron chi connectivity index (χ0n) is 15.4. The molecule has 28 heavy (non-hydrogen) atoms. The molecule has 2 heterocycles. The summed E-state index contributed by atoms with van der Waals surface area (Å²) in [7, 11) is 0. The number of amides is 2. The molecular formula is C18H24F3N5O2. The summed E-state index contributed by atoms with van der Waals surface area (Å²) in [4.78, 5) is 30.1. The Morgan fingerprint density at radius 3 is 2.71 bits per heavy atom. The van der Waals surface area contributed by atoms with Crippen LogP contribution in [0.2, 0.25) is 0 Å². The second-order valence-electron chi connectivity index (χ2n) is 6.44. The van der Waals surface area contributed by atoms with Crippen LogP contribution in [0.1, 0.15) is 25.7 Å². The van der Waals surface area contributed by atoms with Gasteiger partial charge in [-0.3, -0.25) is 24.5 Å². The first kappa shape index (κ1) is 21.8. The smallest absolute Gasteiger partial charge is 0.323 e. The molecule has 2 aliphatic rings. The standard InChI is InChI=1S/C18H24F3N5O2/c1-2-22-12-14(8-9-18(19,20)21)23-16(27)13-26-17(28)7-6-15(24-26)25-10-4-3-5-11-25/h2,6-8,12,15,24H,1,3-5,9-11,13H2,(H,23,27)/b14-8+,22-12-. The van der Waals surface area contributed by atoms with Crippen LogP contribution >= 0.6 is 0 Å². The van der Waals surface area contributed by atoms with Crippen LogP contribution in [0, 0.1) is 0 Å². The lowest BCUT2D eigenvalue weighted by atomic mass is 10.1. The lowest BCUT2D eigenvalue weighted by Crippen LogP contribution is -2.59. The lowest BCUT2D eigenvalue weighted by molar-refractivity contribution is -0.137. The van der Waals surface area contributed by atoms with Crippen molar-refractivity contribution in [2.75, 3.05) is 19.6 Å². The minimum atomic E-state index is -4.41. The van der Waals surface area contributed by atoms with Gasteiger partial charge in [0.1, 0.15) is 6.54 Å². The van der Waals surface area contributed by atoms with Crippen LogP contribution in [0.4, 0.5) is 13.2 Å². The molecule has 1 unspecified atom stereocenters. The molecule has 0 aliphatic carbocycles. The highest BCUT2D eigenvalue weighted by Gasteiger charge is 2.28. The number of carbonyl (C=O) groups excluding carboxylic acids is 2. The monoisotopic (exact) mass is 399 g/mol. The molecular weight excluding hydrogens is 375 g/mol. The molecule has 0 aromatic rings. The van der Waals surface area contributed by atoms with Crippen molar-refractivity contribution in [1.29, 1.82) is 0 Å². The number of likely N-dealkylation sites (tertiary alicyclic amines) is 1. The van der Waals surface area contributed by atoms with Gasteiger partial charge in [-0.15, -0.1) is 0 Å². The number of piperidine rings is 1. The molecule has 154 valence electrons. The van der Waals surface area contributed by atoms with Crippen LogP contribution in [0.5, 0.6) is 0 Å². The first-order chi connectivity index (χ1) is 13.3. The molecule has 0 bridgehead atoms. The van der Waals surface area contributed by atoms with Crippen molar-refractivity contribution >= 4 is 18.0 Å². The largest absolute Gasteiger partial charge is 0.392 e. The van der Waals surface area contributed by atoms with E-state index in [2.05, 4.69) is 27.2 Å². The Balaban J connectivity index is 1.97. The minimum absolute atomic E-state index is 0.116. The Labute approximate surface area is 161 Å². The first-order valence-electron chi connectivity index (χ1n) is 8.99. The topological polar surface area (TPSA) is 77.0 Å². The van der Waals surface area contributed by atoms with Crippen LogP contribution < -0.4 is 10.7 Å². The molecule has 0 spiro atoms. The summed E-state index contributed by atoms with van der Waals surface area (Å²) in [6.07, 6.45) is 3.62. The summed E-state index contributed by atoms with van der Waals surface area (Å²) < 4.78 is 37.3. The molecule has 0 saturated carbocycles. The predicted molar refractivity (Wildman–Crippen MR) is 98.8 cm³/mol. The highest BCUT2D eigenvalue weighted by Crippen LogP contribution is 2.20. The van der Waals surface area contributed by atoms with Crippen molar-refractivity contribution in [3.63, 3.8) is 0 Å². The average molecular weight is 399 g/mol. The molecule has 2 amide bonds. The molecule has 1 fully saturated rings. The number of nitrogens with zero attached hydrogens (tertiary/aromatic N) is 3. The fraction of sp³-hybridized carbons (Fsp3) is 0.500. The van der Waals surface area contributed by atoms with E-state index in [-0.39, 0.29) is 18.4 Å². The molecule has 1 atom stereocenters. The second-order valence-corrected chi connectivity index (χ2v) is 6.44. The van der Waals surface area contributed by atoms with Crippen LogP contribution in [0.3, 0.4) is 0 Å². The number of nitrogens with one attached hydrogen (secondary N) is 2. The van der Waals surface area contributed by atoms with E-state index in [1.807, 2.05) is 0 Å². The third kappa shape index (κ3) is 7.28. The van der Waals surface area contributed by atoms with E-state index in [0.717, 1.165) is 55.9 Å². The van der Waals surface area contributed by atoms with Gasteiger partial charge in [0.25, 0.3) is 5.91 Å². The quantitative estimate of drug-likeness (QED) is 0.641. The highest BCUT2D eigenvalue weighted by atomic mass is 19.4. The summed E-state index contributed by atoms with van der Waals surface area (Å²) in [6.45, 7) is 4.77. The molecule has 2 N–H and O–H groups in total.